The fourth-order valence-electron chi connectivity index (χ4n) is 1.53. The lowest BCUT2D eigenvalue weighted by atomic mass is 10.2. The molecule has 1 heterocycles. The second kappa shape index (κ2) is 6.63. The molecular formula is C11H18N4O3. The van der Waals surface area contributed by atoms with Crippen LogP contribution in [-0.2, 0) is 4.79 Å². The number of hydrogen-bond donors (Lipinski definition) is 4. The lowest BCUT2D eigenvalue weighted by Crippen LogP contribution is -2.46. The molecule has 0 aliphatic carbocycles. The van der Waals surface area contributed by atoms with Gasteiger partial charge < -0.3 is 20.7 Å². The molecule has 2 atom stereocenters. The summed E-state index contributed by atoms with van der Waals surface area (Å²) in [7, 11) is 0. The third kappa shape index (κ3) is 3.76. The minimum absolute atomic E-state index is 0.258. The number of imidazole rings is 1. The van der Waals surface area contributed by atoms with Gasteiger partial charge in [0.05, 0.1) is 6.04 Å². The number of carboxylic acids is 1. The molecule has 0 fully saturated rings. The van der Waals surface area contributed by atoms with E-state index in [1.807, 2.05) is 6.92 Å². The number of amides is 2. The van der Waals surface area contributed by atoms with Crippen LogP contribution in [0.4, 0.5) is 4.79 Å². The lowest BCUT2D eigenvalue weighted by molar-refractivity contribution is -0.139. The quantitative estimate of drug-likeness (QED) is 0.608. The van der Waals surface area contributed by atoms with Gasteiger partial charge in [-0.25, -0.2) is 14.6 Å². The van der Waals surface area contributed by atoms with Crippen molar-refractivity contribution in [3.8, 4) is 0 Å². The Morgan fingerprint density at radius 2 is 2.11 bits per heavy atom. The van der Waals surface area contributed by atoms with Gasteiger partial charge in [-0.2, -0.15) is 0 Å². The third-order valence-electron chi connectivity index (χ3n) is 2.57. The summed E-state index contributed by atoms with van der Waals surface area (Å²) in [6.45, 7) is 3.60. The molecule has 2 unspecified atom stereocenters. The largest absolute Gasteiger partial charge is 0.480 e. The van der Waals surface area contributed by atoms with Gasteiger partial charge in [-0.1, -0.05) is 13.8 Å². The van der Waals surface area contributed by atoms with Crippen molar-refractivity contribution in [1.82, 2.24) is 20.6 Å². The van der Waals surface area contributed by atoms with Crippen LogP contribution in [0.3, 0.4) is 0 Å². The highest BCUT2D eigenvalue weighted by atomic mass is 16.4. The predicted octanol–water partition coefficient (Wildman–Crippen LogP) is 1.02. The molecular weight excluding hydrogens is 236 g/mol. The Hall–Kier alpha value is -2.05. The molecule has 0 bridgehead atoms. The normalized spacial score (nSPS) is 13.7. The van der Waals surface area contributed by atoms with E-state index < -0.39 is 18.0 Å². The van der Waals surface area contributed by atoms with Crippen LogP contribution in [0.15, 0.2) is 12.4 Å². The Labute approximate surface area is 105 Å². The van der Waals surface area contributed by atoms with Crippen molar-refractivity contribution in [2.75, 3.05) is 0 Å². The zero-order valence-electron chi connectivity index (χ0n) is 10.4. The molecule has 0 aromatic carbocycles. The average molecular weight is 254 g/mol. The zero-order valence-corrected chi connectivity index (χ0v) is 10.4. The molecule has 0 spiro atoms. The topological polar surface area (TPSA) is 107 Å². The van der Waals surface area contributed by atoms with Crippen molar-refractivity contribution in [3.63, 3.8) is 0 Å². The predicted molar refractivity (Wildman–Crippen MR) is 65.0 cm³/mol. The number of H-pyrrole nitrogens is 1. The van der Waals surface area contributed by atoms with E-state index in [1.165, 1.54) is 0 Å². The summed E-state index contributed by atoms with van der Waals surface area (Å²) in [5.74, 6) is -0.394. The molecule has 2 amide bonds. The maximum absolute atomic E-state index is 11.7. The van der Waals surface area contributed by atoms with Crippen LogP contribution in [0.5, 0.6) is 0 Å². The number of carbonyl (C=O) groups excluding carboxylic acids is 1. The summed E-state index contributed by atoms with van der Waals surface area (Å²) in [5.41, 5.74) is 0. The number of carboxylic acid groups (broad SMARTS) is 1. The van der Waals surface area contributed by atoms with Crippen molar-refractivity contribution in [1.29, 1.82) is 0 Å². The molecule has 1 aromatic rings. The van der Waals surface area contributed by atoms with Gasteiger partial charge in [-0.05, 0) is 12.8 Å². The van der Waals surface area contributed by atoms with Crippen LogP contribution < -0.4 is 10.6 Å². The van der Waals surface area contributed by atoms with Crippen molar-refractivity contribution < 1.29 is 14.7 Å². The molecule has 7 heteroatoms. The molecule has 0 saturated carbocycles. The van der Waals surface area contributed by atoms with E-state index in [1.54, 1.807) is 19.3 Å². The standard InChI is InChI=1S/C11H18N4O3/c1-3-7(9-12-5-6-13-9)14-11(18)15-8(4-2)10(16)17/h5-8H,3-4H2,1-2H3,(H,12,13)(H,16,17)(H2,14,15,18). The van der Waals surface area contributed by atoms with E-state index in [2.05, 4.69) is 20.6 Å². The van der Waals surface area contributed by atoms with Gasteiger partial charge >= 0.3 is 12.0 Å². The van der Waals surface area contributed by atoms with E-state index in [-0.39, 0.29) is 6.04 Å². The zero-order chi connectivity index (χ0) is 13.5. The smallest absolute Gasteiger partial charge is 0.326 e. The van der Waals surface area contributed by atoms with E-state index in [0.717, 1.165) is 0 Å². The minimum Gasteiger partial charge on any atom is -0.480 e. The van der Waals surface area contributed by atoms with Gasteiger partial charge in [0, 0.05) is 12.4 Å². The van der Waals surface area contributed by atoms with Gasteiger partial charge in [0.15, 0.2) is 0 Å². The summed E-state index contributed by atoms with van der Waals surface area (Å²) in [4.78, 5) is 29.4. The van der Waals surface area contributed by atoms with Gasteiger partial charge in [0.2, 0.25) is 0 Å². The maximum Gasteiger partial charge on any atom is 0.326 e. The second-order valence-electron chi connectivity index (χ2n) is 3.85. The Kier molecular flexibility index (Phi) is 5.16. The monoisotopic (exact) mass is 254 g/mol. The number of rotatable bonds is 6. The summed E-state index contributed by atoms with van der Waals surface area (Å²) < 4.78 is 0. The van der Waals surface area contributed by atoms with Crippen molar-refractivity contribution >= 4 is 12.0 Å². The summed E-state index contributed by atoms with van der Waals surface area (Å²) in [6, 6.07) is -1.64. The number of nitrogens with one attached hydrogen (secondary N) is 3. The third-order valence-corrected chi connectivity index (χ3v) is 2.57. The Balaban J connectivity index is 2.55. The lowest BCUT2D eigenvalue weighted by Gasteiger charge is -2.18. The van der Waals surface area contributed by atoms with Crippen LogP contribution in [0.25, 0.3) is 0 Å². The molecule has 0 aliphatic rings. The molecule has 7 nitrogen and oxygen atoms in total. The highest BCUT2D eigenvalue weighted by Crippen LogP contribution is 2.10. The van der Waals surface area contributed by atoms with Gasteiger partial charge in [0.25, 0.3) is 0 Å². The molecule has 100 valence electrons. The Bertz CT molecular complexity index is 391. The van der Waals surface area contributed by atoms with E-state index in [0.29, 0.717) is 18.7 Å². The summed E-state index contributed by atoms with van der Waals surface area (Å²) >= 11 is 0. The SMILES string of the molecule is CCC(NC(=O)NC(CC)c1ncc[nH]1)C(=O)O. The van der Waals surface area contributed by atoms with Crippen LogP contribution >= 0.6 is 0 Å². The molecule has 4 N–H and O–H groups in total. The van der Waals surface area contributed by atoms with E-state index >= 15 is 0 Å². The van der Waals surface area contributed by atoms with E-state index in [9.17, 15) is 9.59 Å². The first-order valence-corrected chi connectivity index (χ1v) is 5.87. The molecule has 1 rings (SSSR count). The summed E-state index contributed by atoms with van der Waals surface area (Å²) in [6.07, 6.45) is 4.26. The van der Waals surface area contributed by atoms with Gasteiger partial charge in [0.1, 0.15) is 11.9 Å². The number of aliphatic carboxylic acids is 1. The first kappa shape index (κ1) is 14.0. The molecule has 0 saturated heterocycles. The van der Waals surface area contributed by atoms with Crippen molar-refractivity contribution in [3.05, 3.63) is 18.2 Å². The molecule has 0 aliphatic heterocycles. The first-order chi connectivity index (χ1) is 8.58. The first-order valence-electron chi connectivity index (χ1n) is 5.87. The number of carbonyl (C=O) groups is 2. The van der Waals surface area contributed by atoms with Crippen LogP contribution in [0.2, 0.25) is 0 Å². The number of urea groups is 1. The number of aromatic nitrogens is 2. The van der Waals surface area contributed by atoms with Crippen LogP contribution in [-0.4, -0.2) is 33.1 Å². The van der Waals surface area contributed by atoms with Crippen LogP contribution in [0.1, 0.15) is 38.6 Å². The number of aromatic amines is 1. The summed E-state index contributed by atoms with van der Waals surface area (Å²) in [5, 5.41) is 13.9. The minimum atomic E-state index is -1.04. The highest BCUT2D eigenvalue weighted by Gasteiger charge is 2.20. The molecule has 18 heavy (non-hydrogen) atoms. The van der Waals surface area contributed by atoms with Crippen molar-refractivity contribution in [2.24, 2.45) is 0 Å². The Morgan fingerprint density at radius 1 is 1.39 bits per heavy atom. The van der Waals surface area contributed by atoms with Gasteiger partial charge in [-0.15, -0.1) is 0 Å². The molecule has 1 aromatic heterocycles. The fraction of sp³-hybridized carbons (Fsp3) is 0.545. The average Bonchev–Trinajstić information content (AvgIpc) is 2.86. The maximum atomic E-state index is 11.7. The second-order valence-corrected chi connectivity index (χ2v) is 3.85. The van der Waals surface area contributed by atoms with Crippen LogP contribution in [0, 0.1) is 0 Å². The number of hydrogen-bond acceptors (Lipinski definition) is 3. The fourth-order valence-corrected chi connectivity index (χ4v) is 1.53. The molecule has 0 radical (unpaired) electrons. The van der Waals surface area contributed by atoms with Crippen molar-refractivity contribution in [2.45, 2.75) is 38.8 Å². The van der Waals surface area contributed by atoms with Gasteiger partial charge in [-0.3, -0.25) is 0 Å². The van der Waals surface area contributed by atoms with E-state index in [4.69, 9.17) is 5.11 Å². The number of nitrogens with zero attached hydrogens (tertiary/aromatic N) is 1. The Morgan fingerprint density at radius 3 is 2.56 bits per heavy atom. The highest BCUT2D eigenvalue weighted by molar-refractivity contribution is 5.82.